The number of nitrogens with one attached hydrogen (secondary N) is 2. The van der Waals surface area contributed by atoms with Crippen molar-refractivity contribution in [3.63, 3.8) is 0 Å². The van der Waals surface area contributed by atoms with Gasteiger partial charge in [0.05, 0.1) is 36.0 Å². The van der Waals surface area contributed by atoms with Crippen LogP contribution in [-0.4, -0.2) is 19.6 Å². The molecule has 29 heavy (non-hydrogen) atoms. The van der Waals surface area contributed by atoms with Crippen molar-refractivity contribution in [3.8, 4) is 11.3 Å². The lowest BCUT2D eigenvalue weighted by molar-refractivity contribution is 0.773. The van der Waals surface area contributed by atoms with Crippen molar-refractivity contribution in [3.05, 3.63) is 66.0 Å². The Hall–Kier alpha value is -3.74. The average molecular weight is 383 g/mol. The molecule has 2 N–H and O–H groups in total. The van der Waals surface area contributed by atoms with E-state index in [0.29, 0.717) is 0 Å². The van der Waals surface area contributed by atoms with Crippen molar-refractivity contribution in [2.24, 2.45) is 14.1 Å². The molecule has 0 bridgehead atoms. The molecule has 0 amide bonds. The summed E-state index contributed by atoms with van der Waals surface area (Å²) in [4.78, 5) is 2.36. The second-order valence-corrected chi connectivity index (χ2v) is 7.60. The molecule has 0 unspecified atom stereocenters. The Labute approximate surface area is 168 Å². The van der Waals surface area contributed by atoms with Gasteiger partial charge in [0.15, 0.2) is 5.82 Å². The van der Waals surface area contributed by atoms with Gasteiger partial charge in [-0.3, -0.25) is 9.36 Å². The van der Waals surface area contributed by atoms with Crippen molar-refractivity contribution in [1.29, 1.82) is 0 Å². The lowest BCUT2D eigenvalue weighted by Crippen LogP contribution is -2.21. The highest BCUT2D eigenvalue weighted by molar-refractivity contribution is 5.87. The van der Waals surface area contributed by atoms with Gasteiger partial charge < -0.3 is 15.5 Å². The average Bonchev–Trinajstić information content (AvgIpc) is 3.22. The smallest absolute Gasteiger partial charge is 0.152 e. The predicted molar refractivity (Wildman–Crippen MR) is 115 cm³/mol. The Morgan fingerprint density at radius 3 is 2.69 bits per heavy atom. The summed E-state index contributed by atoms with van der Waals surface area (Å²) in [6, 6.07) is 15.2. The molecule has 2 aliphatic heterocycles. The minimum atomic E-state index is 0.768. The predicted octanol–water partition coefficient (Wildman–Crippen LogP) is 4.14. The van der Waals surface area contributed by atoms with E-state index in [4.69, 9.17) is 0 Å². The van der Waals surface area contributed by atoms with Crippen LogP contribution in [-0.2, 0) is 27.2 Å². The number of hydrogen-bond acceptors (Lipinski definition) is 5. The van der Waals surface area contributed by atoms with E-state index >= 15 is 0 Å². The van der Waals surface area contributed by atoms with Crippen LogP contribution in [0.15, 0.2) is 54.9 Å². The molecule has 0 saturated carbocycles. The maximum Gasteiger partial charge on any atom is 0.152 e. The number of rotatable bonds is 1. The number of nitrogens with zero attached hydrogens (tertiary/aromatic N) is 5. The molecule has 2 aromatic carbocycles. The van der Waals surface area contributed by atoms with Gasteiger partial charge in [-0.05, 0) is 23.8 Å². The Morgan fingerprint density at radius 1 is 0.897 bits per heavy atom. The van der Waals surface area contributed by atoms with E-state index in [-0.39, 0.29) is 0 Å². The molecule has 2 aliphatic rings. The molecule has 0 fully saturated rings. The zero-order valence-corrected chi connectivity index (χ0v) is 16.3. The maximum atomic E-state index is 4.50. The van der Waals surface area contributed by atoms with Crippen LogP contribution < -0.4 is 15.5 Å². The summed E-state index contributed by atoms with van der Waals surface area (Å²) >= 11 is 0. The van der Waals surface area contributed by atoms with Gasteiger partial charge >= 0.3 is 0 Å². The first kappa shape index (κ1) is 16.2. The van der Waals surface area contributed by atoms with Gasteiger partial charge in [0, 0.05) is 43.1 Å². The molecular formula is C22H21N7. The van der Waals surface area contributed by atoms with Crippen LogP contribution in [0.4, 0.5) is 28.6 Å². The first-order chi connectivity index (χ1) is 14.2. The number of fused-ring (bicyclic) bond motifs is 5. The van der Waals surface area contributed by atoms with Crippen molar-refractivity contribution in [2.75, 3.05) is 15.5 Å². The van der Waals surface area contributed by atoms with Crippen molar-refractivity contribution >= 4 is 28.6 Å². The highest BCUT2D eigenvalue weighted by atomic mass is 15.3. The maximum absolute atomic E-state index is 4.50. The number of benzene rings is 2. The molecule has 4 heterocycles. The third kappa shape index (κ3) is 2.37. The summed E-state index contributed by atoms with van der Waals surface area (Å²) in [6.07, 6.45) is 3.84. The summed E-state index contributed by atoms with van der Waals surface area (Å²) in [5.74, 6) is 0.981. The SMILES string of the molecule is Cn1ncc2c1Nc1cc(N3Cc4cnn(C)c4-c4ccccc43)ccc1CN2. The molecular weight excluding hydrogens is 362 g/mol. The van der Waals surface area contributed by atoms with Crippen molar-refractivity contribution < 1.29 is 0 Å². The molecule has 7 heteroatoms. The Morgan fingerprint density at radius 2 is 1.76 bits per heavy atom. The standard InChI is InChI=1S/C22H21N7/c1-27-21-15(11-24-27)13-29(20-6-4-3-5-17(20)21)16-8-7-14-10-23-19-12-25-28(2)22(19)26-18(14)9-16/h3-9,11-12,23,26H,10,13H2,1-2H3. The van der Waals surface area contributed by atoms with Gasteiger partial charge in [-0.25, -0.2) is 0 Å². The van der Waals surface area contributed by atoms with E-state index in [9.17, 15) is 0 Å². The van der Waals surface area contributed by atoms with E-state index < -0.39 is 0 Å². The summed E-state index contributed by atoms with van der Waals surface area (Å²) in [7, 11) is 3.96. The molecule has 0 spiro atoms. The van der Waals surface area contributed by atoms with Crippen LogP contribution in [0.5, 0.6) is 0 Å². The lowest BCUT2D eigenvalue weighted by atomic mass is 9.99. The minimum absolute atomic E-state index is 0.768. The fourth-order valence-corrected chi connectivity index (χ4v) is 4.38. The number of aryl methyl sites for hydroxylation is 2. The Kier molecular flexibility index (Phi) is 3.29. The number of anilines is 5. The highest BCUT2D eigenvalue weighted by Gasteiger charge is 2.26. The van der Waals surface area contributed by atoms with Gasteiger partial charge in [-0.2, -0.15) is 10.2 Å². The van der Waals surface area contributed by atoms with Crippen LogP contribution in [0.1, 0.15) is 11.1 Å². The Bertz CT molecular complexity index is 1250. The normalized spacial score (nSPS) is 14.1. The third-order valence-electron chi connectivity index (χ3n) is 5.86. The number of aromatic nitrogens is 4. The molecule has 7 nitrogen and oxygen atoms in total. The molecule has 4 aromatic rings. The monoisotopic (exact) mass is 383 g/mol. The second-order valence-electron chi connectivity index (χ2n) is 7.60. The minimum Gasteiger partial charge on any atom is -0.377 e. The molecule has 0 saturated heterocycles. The molecule has 6 rings (SSSR count). The van der Waals surface area contributed by atoms with Crippen molar-refractivity contribution in [1.82, 2.24) is 19.6 Å². The number of hydrogen-bond donors (Lipinski definition) is 2. The topological polar surface area (TPSA) is 62.9 Å². The molecule has 144 valence electrons. The third-order valence-corrected chi connectivity index (χ3v) is 5.86. The van der Waals surface area contributed by atoms with Gasteiger partial charge in [0.25, 0.3) is 0 Å². The van der Waals surface area contributed by atoms with Crippen LogP contribution in [0.25, 0.3) is 11.3 Å². The van der Waals surface area contributed by atoms with E-state index in [2.05, 4.69) is 68.2 Å². The van der Waals surface area contributed by atoms with Gasteiger partial charge in [-0.15, -0.1) is 0 Å². The van der Waals surface area contributed by atoms with Gasteiger partial charge in [-0.1, -0.05) is 24.3 Å². The summed E-state index contributed by atoms with van der Waals surface area (Å²) in [5, 5.41) is 15.9. The second kappa shape index (κ2) is 5.88. The quantitative estimate of drug-likeness (QED) is 0.517. The molecule has 0 atom stereocenters. The lowest BCUT2D eigenvalue weighted by Gasteiger charge is -2.32. The van der Waals surface area contributed by atoms with Gasteiger partial charge in [0.1, 0.15) is 0 Å². The zero-order chi connectivity index (χ0) is 19.5. The fourth-order valence-electron chi connectivity index (χ4n) is 4.38. The van der Waals surface area contributed by atoms with Gasteiger partial charge in [0.2, 0.25) is 0 Å². The zero-order valence-electron chi connectivity index (χ0n) is 16.3. The van der Waals surface area contributed by atoms with E-state index in [1.165, 1.54) is 28.1 Å². The first-order valence-electron chi connectivity index (χ1n) is 9.72. The van der Waals surface area contributed by atoms with Crippen LogP contribution in [0.3, 0.4) is 0 Å². The van der Waals surface area contributed by atoms with E-state index in [1.54, 1.807) is 0 Å². The molecule has 0 radical (unpaired) electrons. The van der Waals surface area contributed by atoms with Crippen LogP contribution >= 0.6 is 0 Å². The van der Waals surface area contributed by atoms with E-state index in [0.717, 1.165) is 36.0 Å². The van der Waals surface area contributed by atoms with Crippen LogP contribution in [0, 0.1) is 0 Å². The largest absolute Gasteiger partial charge is 0.377 e. The van der Waals surface area contributed by atoms with Crippen molar-refractivity contribution in [2.45, 2.75) is 13.1 Å². The summed E-state index contributed by atoms with van der Waals surface area (Å²) in [5.41, 5.74) is 9.38. The fraction of sp³-hybridized carbons (Fsp3) is 0.182. The summed E-state index contributed by atoms with van der Waals surface area (Å²) in [6.45, 7) is 1.57. The summed E-state index contributed by atoms with van der Waals surface area (Å²) < 4.78 is 3.84. The van der Waals surface area contributed by atoms with Crippen LogP contribution in [0.2, 0.25) is 0 Å². The molecule has 2 aromatic heterocycles. The molecule has 0 aliphatic carbocycles. The first-order valence-corrected chi connectivity index (χ1v) is 9.72. The number of para-hydroxylation sites is 1. The van der Waals surface area contributed by atoms with E-state index in [1.807, 2.05) is 35.9 Å². The highest BCUT2D eigenvalue weighted by Crippen LogP contribution is 2.43. The Balaban J connectivity index is 1.46.